The fraction of sp³-hybridized carbons (Fsp3) is 0.130. The van der Waals surface area contributed by atoms with Crippen LogP contribution in [0.15, 0.2) is 82.3 Å². The quantitative estimate of drug-likeness (QED) is 0.389. The zero-order valence-corrected chi connectivity index (χ0v) is 19.2. The molecule has 170 valence electrons. The highest BCUT2D eigenvalue weighted by atomic mass is 35.5. The second-order valence-electron chi connectivity index (χ2n) is 7.28. The van der Waals surface area contributed by atoms with Crippen LogP contribution in [0, 0.1) is 6.92 Å². The van der Waals surface area contributed by atoms with Gasteiger partial charge < -0.3 is 9.73 Å². The lowest BCUT2D eigenvalue weighted by atomic mass is 10.2. The lowest BCUT2D eigenvalue weighted by Crippen LogP contribution is -2.23. The van der Waals surface area contributed by atoms with Crippen LogP contribution in [0.5, 0.6) is 0 Å². The maximum Gasteiger partial charge on any atom is 0.260 e. The van der Waals surface area contributed by atoms with E-state index in [-0.39, 0.29) is 22.2 Å². The topological polar surface area (TPSA) is 106 Å². The molecule has 8 nitrogen and oxygen atoms in total. The number of anilines is 1. The Labute approximate surface area is 196 Å². The second-order valence-corrected chi connectivity index (χ2v) is 9.41. The Morgan fingerprint density at radius 2 is 1.88 bits per heavy atom. The minimum Gasteiger partial charge on any atom is -0.468 e. The zero-order chi connectivity index (χ0) is 23.4. The molecule has 0 bridgehead atoms. The number of nitrogens with zero attached hydrogens (tertiary/aromatic N) is 2. The van der Waals surface area contributed by atoms with Crippen molar-refractivity contribution in [2.24, 2.45) is 0 Å². The van der Waals surface area contributed by atoms with E-state index in [0.717, 1.165) is 5.56 Å². The molecule has 0 aliphatic carbocycles. The molecule has 2 N–H and O–H groups in total. The number of nitrogens with one attached hydrogen (secondary N) is 2. The van der Waals surface area contributed by atoms with Gasteiger partial charge in [-0.05, 0) is 42.8 Å². The van der Waals surface area contributed by atoms with Crippen LogP contribution in [0.25, 0.3) is 0 Å². The van der Waals surface area contributed by atoms with Crippen LogP contribution in [0.2, 0.25) is 5.15 Å². The predicted molar refractivity (Wildman–Crippen MR) is 125 cm³/mol. The molecule has 0 aliphatic heterocycles. The second kappa shape index (κ2) is 9.62. The number of aromatic nitrogens is 2. The van der Waals surface area contributed by atoms with Gasteiger partial charge >= 0.3 is 0 Å². The third-order valence-corrected chi connectivity index (χ3v) is 6.67. The number of carbonyl (C=O) groups excluding carboxylic acids is 1. The molecule has 33 heavy (non-hydrogen) atoms. The molecule has 0 radical (unpaired) electrons. The third kappa shape index (κ3) is 5.33. The van der Waals surface area contributed by atoms with E-state index in [1.54, 1.807) is 35.9 Å². The van der Waals surface area contributed by atoms with Crippen molar-refractivity contribution in [3.8, 4) is 0 Å². The van der Waals surface area contributed by atoms with Gasteiger partial charge in [0.1, 0.15) is 10.9 Å². The molecular weight excluding hydrogens is 464 g/mol. The van der Waals surface area contributed by atoms with E-state index < -0.39 is 15.9 Å². The van der Waals surface area contributed by atoms with Crippen LogP contribution in [0.1, 0.15) is 27.4 Å². The maximum atomic E-state index is 12.9. The minimum absolute atomic E-state index is 0.00875. The molecule has 1 amide bonds. The van der Waals surface area contributed by atoms with Crippen molar-refractivity contribution in [3.05, 3.63) is 101 Å². The van der Waals surface area contributed by atoms with Crippen LogP contribution in [0.4, 0.5) is 5.69 Å². The summed E-state index contributed by atoms with van der Waals surface area (Å²) in [5.41, 5.74) is 2.01. The average molecular weight is 485 g/mol. The highest BCUT2D eigenvalue weighted by molar-refractivity contribution is 7.89. The molecule has 0 aliphatic rings. The largest absolute Gasteiger partial charge is 0.468 e. The van der Waals surface area contributed by atoms with Crippen LogP contribution < -0.4 is 10.0 Å². The fourth-order valence-electron chi connectivity index (χ4n) is 3.27. The van der Waals surface area contributed by atoms with E-state index in [1.807, 2.05) is 30.3 Å². The average Bonchev–Trinajstić information content (AvgIpc) is 3.41. The Balaban J connectivity index is 1.50. The van der Waals surface area contributed by atoms with Crippen LogP contribution >= 0.6 is 11.6 Å². The molecule has 0 spiro atoms. The van der Waals surface area contributed by atoms with Crippen molar-refractivity contribution in [1.29, 1.82) is 0 Å². The number of rotatable bonds is 8. The van der Waals surface area contributed by atoms with Gasteiger partial charge in [-0.25, -0.2) is 17.8 Å². The summed E-state index contributed by atoms with van der Waals surface area (Å²) in [6.07, 6.45) is 1.47. The summed E-state index contributed by atoms with van der Waals surface area (Å²) in [7, 11) is -3.81. The predicted octanol–water partition coefficient (Wildman–Crippen LogP) is 4.22. The number of hydrogen-bond acceptors (Lipinski definition) is 5. The normalized spacial score (nSPS) is 11.5. The van der Waals surface area contributed by atoms with Gasteiger partial charge in [-0.15, -0.1) is 0 Å². The Morgan fingerprint density at radius 1 is 1.09 bits per heavy atom. The lowest BCUT2D eigenvalue weighted by molar-refractivity contribution is 0.102. The highest BCUT2D eigenvalue weighted by Gasteiger charge is 2.21. The third-order valence-electron chi connectivity index (χ3n) is 4.89. The summed E-state index contributed by atoms with van der Waals surface area (Å²) in [5.74, 6) is 0.00979. The van der Waals surface area contributed by atoms with Crippen molar-refractivity contribution < 1.29 is 17.6 Å². The van der Waals surface area contributed by atoms with E-state index in [4.69, 9.17) is 16.0 Å². The van der Waals surface area contributed by atoms with Crippen LogP contribution in [-0.4, -0.2) is 24.1 Å². The highest BCUT2D eigenvalue weighted by Crippen LogP contribution is 2.23. The molecule has 4 rings (SSSR count). The van der Waals surface area contributed by atoms with Gasteiger partial charge in [0, 0.05) is 5.69 Å². The SMILES string of the molecule is Cc1nn(Cc2ccccc2)c(Cl)c1C(=O)Nc1cccc(S(=O)(=O)NCc2ccco2)c1. The summed E-state index contributed by atoms with van der Waals surface area (Å²) in [4.78, 5) is 12.9. The Hall–Kier alpha value is -3.40. The van der Waals surface area contributed by atoms with Crippen LogP contribution in [0.3, 0.4) is 0 Å². The van der Waals surface area contributed by atoms with Gasteiger partial charge in [0.05, 0.1) is 35.5 Å². The number of amides is 1. The number of hydrogen-bond donors (Lipinski definition) is 2. The first kappa shape index (κ1) is 22.8. The maximum absolute atomic E-state index is 12.9. The summed E-state index contributed by atoms with van der Waals surface area (Å²) < 4.78 is 34.4. The molecule has 2 aromatic carbocycles. The zero-order valence-electron chi connectivity index (χ0n) is 17.7. The first-order valence-corrected chi connectivity index (χ1v) is 11.9. The Kier molecular flexibility index (Phi) is 6.64. The lowest BCUT2D eigenvalue weighted by Gasteiger charge is -2.09. The van der Waals surface area contributed by atoms with E-state index in [1.165, 1.54) is 18.4 Å². The first-order chi connectivity index (χ1) is 15.8. The first-order valence-electron chi connectivity index (χ1n) is 10.0. The van der Waals surface area contributed by atoms with E-state index in [2.05, 4.69) is 15.1 Å². The Morgan fingerprint density at radius 3 is 2.61 bits per heavy atom. The molecule has 2 aromatic heterocycles. The van der Waals surface area contributed by atoms with Crippen molar-refractivity contribution in [2.75, 3.05) is 5.32 Å². The molecule has 4 aromatic rings. The van der Waals surface area contributed by atoms with Gasteiger partial charge in [0.2, 0.25) is 10.0 Å². The van der Waals surface area contributed by atoms with Gasteiger partial charge in [-0.2, -0.15) is 5.10 Å². The Bertz CT molecular complexity index is 1370. The molecule has 0 atom stereocenters. The number of furan rings is 1. The summed E-state index contributed by atoms with van der Waals surface area (Å²) >= 11 is 6.46. The van der Waals surface area contributed by atoms with Crippen molar-refractivity contribution in [3.63, 3.8) is 0 Å². The van der Waals surface area contributed by atoms with Gasteiger partial charge in [-0.1, -0.05) is 48.0 Å². The smallest absolute Gasteiger partial charge is 0.260 e. The van der Waals surface area contributed by atoms with Crippen molar-refractivity contribution in [1.82, 2.24) is 14.5 Å². The van der Waals surface area contributed by atoms with Gasteiger partial charge in [0.15, 0.2) is 0 Å². The molecule has 0 unspecified atom stereocenters. The summed E-state index contributed by atoms with van der Waals surface area (Å²) in [6, 6.07) is 18.9. The van der Waals surface area contributed by atoms with E-state index in [9.17, 15) is 13.2 Å². The standard InChI is InChI=1S/C23H21ClN4O4S/c1-16-21(22(24)28(27-16)15-17-7-3-2-4-8-17)23(29)26-18-9-5-11-20(13-18)33(30,31)25-14-19-10-6-12-32-19/h2-13,25H,14-15H2,1H3,(H,26,29). The molecule has 2 heterocycles. The number of sulfonamides is 1. The molecule has 10 heteroatoms. The molecule has 0 saturated heterocycles. The van der Waals surface area contributed by atoms with E-state index >= 15 is 0 Å². The number of benzene rings is 2. The van der Waals surface area contributed by atoms with Gasteiger partial charge in [-0.3, -0.25) is 4.79 Å². The molecule has 0 saturated carbocycles. The number of carbonyl (C=O) groups is 1. The van der Waals surface area contributed by atoms with Crippen LogP contribution in [-0.2, 0) is 23.1 Å². The summed E-state index contributed by atoms with van der Waals surface area (Å²) in [6.45, 7) is 2.13. The number of aryl methyl sites for hydroxylation is 1. The molecule has 0 fully saturated rings. The summed E-state index contributed by atoms with van der Waals surface area (Å²) in [5, 5.41) is 7.30. The number of halogens is 1. The monoisotopic (exact) mass is 484 g/mol. The van der Waals surface area contributed by atoms with Crippen molar-refractivity contribution >= 4 is 33.2 Å². The van der Waals surface area contributed by atoms with Gasteiger partial charge in [0.25, 0.3) is 5.91 Å². The van der Waals surface area contributed by atoms with E-state index in [0.29, 0.717) is 23.7 Å². The minimum atomic E-state index is -3.81. The van der Waals surface area contributed by atoms with Crippen molar-refractivity contribution in [2.45, 2.75) is 24.9 Å². The molecular formula is C23H21ClN4O4S. The fourth-order valence-corrected chi connectivity index (χ4v) is 4.63.